The van der Waals surface area contributed by atoms with Gasteiger partial charge in [0.25, 0.3) is 0 Å². The number of anilines is 2. The molecule has 0 saturated heterocycles. The fourth-order valence-electron chi connectivity index (χ4n) is 2.23. The Kier molecular flexibility index (Phi) is 7.34. The van der Waals surface area contributed by atoms with Crippen LogP contribution in [0.25, 0.3) is 0 Å². The number of hydrogen-bond acceptors (Lipinski definition) is 4. The molecule has 0 aromatic carbocycles. The predicted molar refractivity (Wildman–Crippen MR) is 87.3 cm³/mol. The first-order valence-electron chi connectivity index (χ1n) is 7.92. The van der Waals surface area contributed by atoms with Crippen molar-refractivity contribution in [3.05, 3.63) is 11.9 Å². The molecule has 1 rings (SSSR count). The molecule has 20 heavy (non-hydrogen) atoms. The first-order valence-corrected chi connectivity index (χ1v) is 7.92. The topological polar surface area (TPSA) is 49.8 Å². The summed E-state index contributed by atoms with van der Waals surface area (Å²) in [4.78, 5) is 8.81. The Bertz CT molecular complexity index is 390. The second-order valence-corrected chi connectivity index (χ2v) is 5.85. The Morgan fingerprint density at radius 3 is 2.35 bits per heavy atom. The van der Waals surface area contributed by atoms with Gasteiger partial charge in [0.2, 0.25) is 0 Å². The molecule has 0 aliphatic heterocycles. The number of aromatic nitrogens is 2. The summed E-state index contributed by atoms with van der Waals surface area (Å²) in [6, 6.07) is 0.442. The minimum absolute atomic E-state index is 0.442. The molecule has 0 fully saturated rings. The zero-order chi connectivity index (χ0) is 15.0. The lowest BCUT2D eigenvalue weighted by Crippen LogP contribution is -2.19. The number of nitrogens with zero attached hydrogens (tertiary/aromatic N) is 2. The van der Waals surface area contributed by atoms with Crippen LogP contribution in [0.1, 0.15) is 59.4 Å². The number of nitrogens with one attached hydrogen (secondary N) is 2. The predicted octanol–water partition coefficient (Wildman–Crippen LogP) is 4.10. The molecule has 1 aromatic heterocycles. The first kappa shape index (κ1) is 16.7. The summed E-state index contributed by atoms with van der Waals surface area (Å²) in [5.41, 5.74) is 1.22. The summed E-state index contributed by atoms with van der Waals surface area (Å²) in [6.07, 6.45) is 6.16. The molecule has 0 saturated carbocycles. The van der Waals surface area contributed by atoms with Crippen LogP contribution in [0.5, 0.6) is 0 Å². The third-order valence-electron chi connectivity index (χ3n) is 3.35. The monoisotopic (exact) mass is 278 g/mol. The van der Waals surface area contributed by atoms with E-state index in [-0.39, 0.29) is 0 Å². The second kappa shape index (κ2) is 8.77. The molecule has 1 atom stereocenters. The van der Waals surface area contributed by atoms with Crippen molar-refractivity contribution in [3.63, 3.8) is 0 Å². The molecule has 2 N–H and O–H groups in total. The Morgan fingerprint density at radius 1 is 1.05 bits per heavy atom. The average molecular weight is 278 g/mol. The third kappa shape index (κ3) is 5.35. The quantitative estimate of drug-likeness (QED) is 0.714. The maximum absolute atomic E-state index is 4.45. The van der Waals surface area contributed by atoms with Gasteiger partial charge in [0.1, 0.15) is 18.0 Å². The Labute approximate surface area is 123 Å². The van der Waals surface area contributed by atoms with Gasteiger partial charge in [-0.25, -0.2) is 9.97 Å². The third-order valence-corrected chi connectivity index (χ3v) is 3.35. The maximum Gasteiger partial charge on any atom is 0.134 e. The van der Waals surface area contributed by atoms with Crippen molar-refractivity contribution in [1.29, 1.82) is 0 Å². The van der Waals surface area contributed by atoms with Crippen LogP contribution in [0.2, 0.25) is 0 Å². The molecule has 1 unspecified atom stereocenters. The van der Waals surface area contributed by atoms with Crippen LogP contribution in [-0.2, 0) is 6.42 Å². The molecule has 0 aliphatic rings. The molecule has 4 nitrogen and oxygen atoms in total. The summed E-state index contributed by atoms with van der Waals surface area (Å²) in [6.45, 7) is 11.9. The molecule has 1 aromatic rings. The fourth-order valence-corrected chi connectivity index (χ4v) is 2.23. The Hall–Kier alpha value is -1.32. The second-order valence-electron chi connectivity index (χ2n) is 5.85. The van der Waals surface area contributed by atoms with Gasteiger partial charge in [-0.2, -0.15) is 0 Å². The summed E-state index contributed by atoms with van der Waals surface area (Å²) in [5.74, 6) is 2.72. The van der Waals surface area contributed by atoms with Crippen molar-refractivity contribution in [3.8, 4) is 0 Å². The zero-order valence-electron chi connectivity index (χ0n) is 13.7. The van der Waals surface area contributed by atoms with Gasteiger partial charge in [0.15, 0.2) is 0 Å². The van der Waals surface area contributed by atoms with E-state index in [1.54, 1.807) is 6.33 Å². The van der Waals surface area contributed by atoms with E-state index >= 15 is 0 Å². The largest absolute Gasteiger partial charge is 0.370 e. The van der Waals surface area contributed by atoms with E-state index in [0.29, 0.717) is 6.04 Å². The van der Waals surface area contributed by atoms with Crippen molar-refractivity contribution >= 4 is 11.6 Å². The summed E-state index contributed by atoms with van der Waals surface area (Å²) >= 11 is 0. The number of hydrogen-bond donors (Lipinski definition) is 2. The average Bonchev–Trinajstić information content (AvgIpc) is 2.40. The van der Waals surface area contributed by atoms with Crippen LogP contribution in [0, 0.1) is 5.92 Å². The SMILES string of the molecule is CCCc1c(NCC)ncnc1NC(C)CCC(C)C. The van der Waals surface area contributed by atoms with Crippen LogP contribution in [0.15, 0.2) is 6.33 Å². The lowest BCUT2D eigenvalue weighted by Gasteiger charge is -2.19. The number of rotatable bonds is 9. The van der Waals surface area contributed by atoms with Gasteiger partial charge in [-0.1, -0.05) is 27.2 Å². The molecule has 0 radical (unpaired) electrons. The van der Waals surface area contributed by atoms with Gasteiger partial charge in [-0.15, -0.1) is 0 Å². The molecule has 4 heteroatoms. The van der Waals surface area contributed by atoms with Gasteiger partial charge < -0.3 is 10.6 Å². The lowest BCUT2D eigenvalue weighted by atomic mass is 10.0. The highest BCUT2D eigenvalue weighted by Gasteiger charge is 2.12. The molecule has 0 amide bonds. The van der Waals surface area contributed by atoms with Gasteiger partial charge in [-0.05, 0) is 39.0 Å². The molecule has 0 bridgehead atoms. The van der Waals surface area contributed by atoms with E-state index in [9.17, 15) is 0 Å². The maximum atomic E-state index is 4.45. The van der Waals surface area contributed by atoms with E-state index in [1.165, 1.54) is 18.4 Å². The van der Waals surface area contributed by atoms with E-state index < -0.39 is 0 Å². The van der Waals surface area contributed by atoms with Gasteiger partial charge in [0, 0.05) is 18.2 Å². The van der Waals surface area contributed by atoms with E-state index in [2.05, 4.69) is 55.2 Å². The minimum atomic E-state index is 0.442. The van der Waals surface area contributed by atoms with Crippen LogP contribution in [0.4, 0.5) is 11.6 Å². The molecular weight excluding hydrogens is 248 g/mol. The van der Waals surface area contributed by atoms with Crippen LogP contribution in [0.3, 0.4) is 0 Å². The summed E-state index contributed by atoms with van der Waals surface area (Å²) < 4.78 is 0. The van der Waals surface area contributed by atoms with Gasteiger partial charge in [-0.3, -0.25) is 0 Å². The van der Waals surface area contributed by atoms with Crippen LogP contribution < -0.4 is 10.6 Å². The molecule has 0 aliphatic carbocycles. The first-order chi connectivity index (χ1) is 9.58. The lowest BCUT2D eigenvalue weighted by molar-refractivity contribution is 0.527. The Morgan fingerprint density at radius 2 is 1.75 bits per heavy atom. The van der Waals surface area contributed by atoms with Crippen molar-refractivity contribution < 1.29 is 0 Å². The molecule has 0 spiro atoms. The van der Waals surface area contributed by atoms with Crippen LogP contribution >= 0.6 is 0 Å². The van der Waals surface area contributed by atoms with Crippen molar-refractivity contribution in [2.45, 2.75) is 66.3 Å². The van der Waals surface area contributed by atoms with E-state index in [0.717, 1.165) is 36.9 Å². The summed E-state index contributed by atoms with van der Waals surface area (Å²) in [5, 5.41) is 6.89. The highest BCUT2D eigenvalue weighted by atomic mass is 15.1. The van der Waals surface area contributed by atoms with Gasteiger partial charge >= 0.3 is 0 Å². The van der Waals surface area contributed by atoms with Gasteiger partial charge in [0.05, 0.1) is 0 Å². The van der Waals surface area contributed by atoms with Crippen molar-refractivity contribution in [2.75, 3.05) is 17.2 Å². The highest BCUT2D eigenvalue weighted by molar-refractivity contribution is 5.57. The normalized spacial score (nSPS) is 12.5. The zero-order valence-corrected chi connectivity index (χ0v) is 13.7. The summed E-state index contributed by atoms with van der Waals surface area (Å²) in [7, 11) is 0. The smallest absolute Gasteiger partial charge is 0.134 e. The molecule has 1 heterocycles. The van der Waals surface area contributed by atoms with Crippen LogP contribution in [-0.4, -0.2) is 22.6 Å². The minimum Gasteiger partial charge on any atom is -0.370 e. The molecule has 114 valence electrons. The standard InChI is InChI=1S/C16H30N4/c1-6-8-14-15(17-7-2)18-11-19-16(14)20-13(5)10-9-12(3)4/h11-13H,6-10H2,1-5H3,(H2,17,18,19,20). The van der Waals surface area contributed by atoms with Crippen molar-refractivity contribution in [2.24, 2.45) is 5.92 Å². The van der Waals surface area contributed by atoms with E-state index in [1.807, 2.05) is 0 Å². The van der Waals surface area contributed by atoms with E-state index in [4.69, 9.17) is 0 Å². The van der Waals surface area contributed by atoms with Crippen molar-refractivity contribution in [1.82, 2.24) is 9.97 Å². The Balaban J connectivity index is 2.79. The highest BCUT2D eigenvalue weighted by Crippen LogP contribution is 2.23. The fraction of sp³-hybridized carbons (Fsp3) is 0.750. The molecular formula is C16H30N4.